The molecule has 0 amide bonds. The van der Waals surface area contributed by atoms with Crippen molar-refractivity contribution in [1.82, 2.24) is 10.1 Å². The van der Waals surface area contributed by atoms with Gasteiger partial charge in [0.1, 0.15) is 0 Å². The normalized spacial score (nSPS) is 10.9. The lowest BCUT2D eigenvalue weighted by Gasteiger charge is -1.96. The second kappa shape index (κ2) is 5.38. The molecule has 2 aromatic heterocycles. The topological polar surface area (TPSA) is 64.9 Å². The monoisotopic (exact) mass is 349 g/mol. The average molecular weight is 350 g/mol. The van der Waals surface area contributed by atoms with E-state index in [0.717, 1.165) is 22.0 Å². The molecule has 2 N–H and O–H groups in total. The highest BCUT2D eigenvalue weighted by Gasteiger charge is 2.16. The molecule has 0 spiro atoms. The summed E-state index contributed by atoms with van der Waals surface area (Å²) in [6.45, 7) is 2.09. The Labute approximate surface area is 128 Å². The molecular formula is C14H12BrN3OS. The number of benzene rings is 1. The first-order valence-electron chi connectivity index (χ1n) is 6.16. The van der Waals surface area contributed by atoms with Gasteiger partial charge in [-0.1, -0.05) is 40.1 Å². The molecule has 0 saturated heterocycles. The van der Waals surface area contributed by atoms with Crippen LogP contribution in [0.25, 0.3) is 22.8 Å². The SMILES string of the molecule is CCc1cc(-c2nc(-c3ccccc3Br)no2)c(N)s1. The van der Waals surface area contributed by atoms with Gasteiger partial charge in [-0.05, 0) is 24.6 Å². The fourth-order valence-electron chi connectivity index (χ4n) is 1.88. The Morgan fingerprint density at radius 1 is 1.30 bits per heavy atom. The molecule has 102 valence electrons. The highest BCUT2D eigenvalue weighted by molar-refractivity contribution is 9.10. The Balaban J connectivity index is 2.02. The third-order valence-corrected chi connectivity index (χ3v) is 4.73. The van der Waals surface area contributed by atoms with Crippen molar-refractivity contribution >= 4 is 32.3 Å². The summed E-state index contributed by atoms with van der Waals surface area (Å²) in [5.41, 5.74) is 7.72. The quantitative estimate of drug-likeness (QED) is 0.762. The second-order valence-corrected chi connectivity index (χ2v) is 6.27. The average Bonchev–Trinajstić information content (AvgIpc) is 3.05. The number of rotatable bonds is 3. The molecule has 20 heavy (non-hydrogen) atoms. The molecule has 6 heteroatoms. The van der Waals surface area contributed by atoms with Crippen molar-refractivity contribution in [2.75, 3.05) is 5.73 Å². The predicted octanol–water partition coefficient (Wildman–Crippen LogP) is 4.37. The maximum Gasteiger partial charge on any atom is 0.261 e. The molecule has 0 saturated carbocycles. The number of hydrogen-bond acceptors (Lipinski definition) is 5. The van der Waals surface area contributed by atoms with E-state index in [4.69, 9.17) is 10.3 Å². The molecule has 0 atom stereocenters. The number of nitrogen functional groups attached to an aromatic ring is 1. The van der Waals surface area contributed by atoms with E-state index in [9.17, 15) is 0 Å². The molecule has 0 fully saturated rings. The van der Waals surface area contributed by atoms with Gasteiger partial charge >= 0.3 is 0 Å². The number of hydrogen-bond donors (Lipinski definition) is 1. The molecule has 4 nitrogen and oxygen atoms in total. The maximum atomic E-state index is 6.01. The number of halogens is 1. The lowest BCUT2D eigenvalue weighted by molar-refractivity contribution is 0.432. The van der Waals surface area contributed by atoms with Crippen LogP contribution >= 0.6 is 27.3 Å². The van der Waals surface area contributed by atoms with E-state index in [1.54, 1.807) is 11.3 Å². The molecule has 0 aliphatic carbocycles. The molecule has 0 aliphatic rings. The first-order valence-corrected chi connectivity index (χ1v) is 7.77. The van der Waals surface area contributed by atoms with Gasteiger partial charge in [-0.2, -0.15) is 4.98 Å². The minimum absolute atomic E-state index is 0.462. The Hall–Kier alpha value is -1.66. The van der Waals surface area contributed by atoms with Crippen LogP contribution < -0.4 is 5.73 Å². The summed E-state index contributed by atoms with van der Waals surface area (Å²) in [6, 6.07) is 9.77. The molecule has 0 aliphatic heterocycles. The van der Waals surface area contributed by atoms with Crippen molar-refractivity contribution in [3.05, 3.63) is 39.7 Å². The Bertz CT molecular complexity index is 750. The van der Waals surface area contributed by atoms with Crippen LogP contribution in [0, 0.1) is 0 Å². The third-order valence-electron chi connectivity index (χ3n) is 2.93. The van der Waals surface area contributed by atoms with Crippen molar-refractivity contribution in [1.29, 1.82) is 0 Å². The van der Waals surface area contributed by atoms with E-state index >= 15 is 0 Å². The van der Waals surface area contributed by atoms with Gasteiger partial charge < -0.3 is 10.3 Å². The van der Waals surface area contributed by atoms with Crippen molar-refractivity contribution in [3.63, 3.8) is 0 Å². The number of nitrogens with zero attached hydrogens (tertiary/aromatic N) is 2. The van der Waals surface area contributed by atoms with Crippen LogP contribution in [0.2, 0.25) is 0 Å². The minimum atomic E-state index is 0.462. The highest BCUT2D eigenvalue weighted by atomic mass is 79.9. The van der Waals surface area contributed by atoms with E-state index in [2.05, 4.69) is 33.0 Å². The standard InChI is InChI=1S/C14H12BrN3OS/c1-2-8-7-10(12(16)20-8)14-17-13(18-19-14)9-5-3-4-6-11(9)15/h3-7H,2,16H2,1H3. The van der Waals surface area contributed by atoms with Crippen LogP contribution in [0.4, 0.5) is 5.00 Å². The van der Waals surface area contributed by atoms with Gasteiger partial charge in [0.15, 0.2) is 0 Å². The van der Waals surface area contributed by atoms with Gasteiger partial charge in [-0.15, -0.1) is 11.3 Å². The highest BCUT2D eigenvalue weighted by Crippen LogP contribution is 2.35. The summed E-state index contributed by atoms with van der Waals surface area (Å²) in [7, 11) is 0. The summed E-state index contributed by atoms with van der Waals surface area (Å²) in [5.74, 6) is 1.01. The Morgan fingerprint density at radius 3 is 2.80 bits per heavy atom. The number of nitrogens with two attached hydrogens (primary N) is 1. The van der Waals surface area contributed by atoms with Gasteiger partial charge in [0, 0.05) is 14.9 Å². The van der Waals surface area contributed by atoms with Gasteiger partial charge in [-0.25, -0.2) is 0 Å². The lowest BCUT2D eigenvalue weighted by Crippen LogP contribution is -1.84. The zero-order chi connectivity index (χ0) is 14.1. The summed E-state index contributed by atoms with van der Waals surface area (Å²) in [6.07, 6.45) is 0.945. The first kappa shape index (κ1) is 13.3. The molecule has 0 radical (unpaired) electrons. The number of thiophene rings is 1. The minimum Gasteiger partial charge on any atom is -0.390 e. The van der Waals surface area contributed by atoms with Gasteiger partial charge in [0.2, 0.25) is 5.82 Å². The fourth-order valence-corrected chi connectivity index (χ4v) is 3.21. The van der Waals surface area contributed by atoms with E-state index < -0.39 is 0 Å². The molecule has 0 unspecified atom stereocenters. The van der Waals surface area contributed by atoms with Crippen LogP contribution in [0.15, 0.2) is 39.3 Å². The molecule has 0 bridgehead atoms. The van der Waals surface area contributed by atoms with Crippen molar-refractivity contribution in [2.24, 2.45) is 0 Å². The van der Waals surface area contributed by atoms with E-state index in [1.165, 1.54) is 4.88 Å². The van der Waals surface area contributed by atoms with Gasteiger partial charge in [-0.3, -0.25) is 0 Å². The maximum absolute atomic E-state index is 6.01. The van der Waals surface area contributed by atoms with E-state index in [0.29, 0.717) is 16.7 Å². The zero-order valence-corrected chi connectivity index (χ0v) is 13.2. The van der Waals surface area contributed by atoms with Crippen molar-refractivity contribution < 1.29 is 4.52 Å². The summed E-state index contributed by atoms with van der Waals surface area (Å²) in [4.78, 5) is 5.65. The predicted molar refractivity (Wildman–Crippen MR) is 84.5 cm³/mol. The van der Waals surface area contributed by atoms with Crippen LogP contribution in [-0.2, 0) is 6.42 Å². The van der Waals surface area contributed by atoms with E-state index in [1.807, 2.05) is 30.3 Å². The summed E-state index contributed by atoms with van der Waals surface area (Å²) >= 11 is 5.04. The third kappa shape index (κ3) is 2.36. The van der Waals surface area contributed by atoms with E-state index in [-0.39, 0.29) is 0 Å². The Morgan fingerprint density at radius 2 is 2.10 bits per heavy atom. The van der Waals surface area contributed by atoms with Crippen molar-refractivity contribution in [3.8, 4) is 22.8 Å². The van der Waals surface area contributed by atoms with Crippen LogP contribution in [0.1, 0.15) is 11.8 Å². The molecular weight excluding hydrogens is 338 g/mol. The van der Waals surface area contributed by atoms with Gasteiger partial charge in [0.25, 0.3) is 5.89 Å². The summed E-state index contributed by atoms with van der Waals surface area (Å²) in [5, 5.41) is 4.75. The number of aromatic nitrogens is 2. The Kier molecular flexibility index (Phi) is 3.58. The molecule has 3 rings (SSSR count). The summed E-state index contributed by atoms with van der Waals surface area (Å²) < 4.78 is 6.27. The van der Waals surface area contributed by atoms with Crippen LogP contribution in [0.3, 0.4) is 0 Å². The largest absolute Gasteiger partial charge is 0.390 e. The molecule has 3 aromatic rings. The molecule has 1 aromatic carbocycles. The fraction of sp³-hybridized carbons (Fsp3) is 0.143. The lowest BCUT2D eigenvalue weighted by atomic mass is 10.2. The van der Waals surface area contributed by atoms with Crippen LogP contribution in [-0.4, -0.2) is 10.1 Å². The molecule has 2 heterocycles. The first-order chi connectivity index (χ1) is 9.69. The van der Waals surface area contributed by atoms with Crippen LogP contribution in [0.5, 0.6) is 0 Å². The number of anilines is 1. The zero-order valence-electron chi connectivity index (χ0n) is 10.8. The smallest absolute Gasteiger partial charge is 0.261 e. The van der Waals surface area contributed by atoms with Crippen molar-refractivity contribution in [2.45, 2.75) is 13.3 Å². The van der Waals surface area contributed by atoms with Gasteiger partial charge in [0.05, 0.1) is 10.6 Å². The second-order valence-electron chi connectivity index (χ2n) is 4.25. The number of aryl methyl sites for hydroxylation is 1.